The zero-order valence-electron chi connectivity index (χ0n) is 15.4. The van der Waals surface area contributed by atoms with Gasteiger partial charge in [-0.25, -0.2) is 4.98 Å². The largest absolute Gasteiger partial charge is 0.494 e. The van der Waals surface area contributed by atoms with Gasteiger partial charge in [0.1, 0.15) is 17.7 Å². The third-order valence-corrected chi connectivity index (χ3v) is 4.58. The van der Waals surface area contributed by atoms with Crippen LogP contribution in [0.15, 0.2) is 36.4 Å². The van der Waals surface area contributed by atoms with Crippen molar-refractivity contribution >= 4 is 11.0 Å². The number of aromatic nitrogens is 2. The van der Waals surface area contributed by atoms with Crippen LogP contribution in [0.3, 0.4) is 0 Å². The number of aliphatic hydroxyl groups is 1. The highest BCUT2D eigenvalue weighted by atomic mass is 16.5. The lowest BCUT2D eigenvalue weighted by molar-refractivity contribution is 0.183. The van der Waals surface area contributed by atoms with Crippen LogP contribution in [-0.2, 0) is 6.54 Å². The number of benzene rings is 2. The molecule has 1 unspecified atom stereocenters. The molecular weight excluding hydrogens is 312 g/mol. The molecule has 0 aliphatic carbocycles. The summed E-state index contributed by atoms with van der Waals surface area (Å²) in [4.78, 5) is 4.63. The molecule has 1 aromatic heterocycles. The molecule has 0 saturated carbocycles. The highest BCUT2D eigenvalue weighted by molar-refractivity contribution is 5.78. The minimum Gasteiger partial charge on any atom is -0.494 e. The molecule has 4 nitrogen and oxygen atoms in total. The Hall–Kier alpha value is -2.33. The van der Waals surface area contributed by atoms with Gasteiger partial charge >= 0.3 is 0 Å². The van der Waals surface area contributed by atoms with E-state index in [-0.39, 0.29) is 0 Å². The number of fused-ring (bicyclic) bond motifs is 1. The van der Waals surface area contributed by atoms with Crippen LogP contribution in [-0.4, -0.2) is 21.3 Å². The number of aryl methyl sites for hydroxylation is 4. The first-order valence-electron chi connectivity index (χ1n) is 8.80. The van der Waals surface area contributed by atoms with Crippen molar-refractivity contribution in [3.63, 3.8) is 0 Å². The summed E-state index contributed by atoms with van der Waals surface area (Å²) in [5, 5.41) is 10.1. The average Bonchev–Trinajstić information content (AvgIpc) is 2.92. The fourth-order valence-electron chi connectivity index (χ4n) is 3.00. The Labute approximate surface area is 149 Å². The van der Waals surface area contributed by atoms with Crippen LogP contribution in [0.4, 0.5) is 0 Å². The van der Waals surface area contributed by atoms with E-state index in [1.54, 1.807) is 6.92 Å². The average molecular weight is 338 g/mol. The monoisotopic (exact) mass is 338 g/mol. The van der Waals surface area contributed by atoms with Crippen LogP contribution in [0.2, 0.25) is 0 Å². The van der Waals surface area contributed by atoms with Crippen LogP contribution in [0, 0.1) is 20.8 Å². The van der Waals surface area contributed by atoms with Gasteiger partial charge in [0.2, 0.25) is 0 Å². The molecule has 25 heavy (non-hydrogen) atoms. The van der Waals surface area contributed by atoms with E-state index >= 15 is 0 Å². The summed E-state index contributed by atoms with van der Waals surface area (Å²) in [5.41, 5.74) is 5.70. The quantitative estimate of drug-likeness (QED) is 0.674. The van der Waals surface area contributed by atoms with Gasteiger partial charge in [0.15, 0.2) is 0 Å². The molecule has 0 spiro atoms. The normalized spacial score (nSPS) is 12.5. The number of ether oxygens (including phenoxy) is 1. The van der Waals surface area contributed by atoms with Crippen LogP contribution in [0.25, 0.3) is 11.0 Å². The first-order valence-corrected chi connectivity index (χ1v) is 8.80. The van der Waals surface area contributed by atoms with E-state index in [0.29, 0.717) is 6.61 Å². The van der Waals surface area contributed by atoms with Crippen LogP contribution < -0.4 is 4.74 Å². The predicted molar refractivity (Wildman–Crippen MR) is 101 cm³/mol. The minimum absolute atomic E-state index is 0.592. The van der Waals surface area contributed by atoms with Crippen molar-refractivity contribution in [1.29, 1.82) is 0 Å². The Morgan fingerprint density at radius 2 is 1.76 bits per heavy atom. The molecule has 0 amide bonds. The van der Waals surface area contributed by atoms with E-state index in [1.165, 1.54) is 16.7 Å². The molecular formula is C21H26N2O2. The molecule has 0 aliphatic rings. The van der Waals surface area contributed by atoms with E-state index in [4.69, 9.17) is 4.74 Å². The molecule has 0 fully saturated rings. The van der Waals surface area contributed by atoms with Crippen LogP contribution in [0.5, 0.6) is 5.75 Å². The number of nitrogens with zero attached hydrogens (tertiary/aromatic N) is 2. The van der Waals surface area contributed by atoms with Crippen LogP contribution >= 0.6 is 0 Å². The van der Waals surface area contributed by atoms with Gasteiger partial charge in [0.25, 0.3) is 0 Å². The SMILES string of the molecule is Cc1ccc(OCCCn2c(C(C)O)nc3cc(C)c(C)cc32)cc1. The third-order valence-electron chi connectivity index (χ3n) is 4.58. The second kappa shape index (κ2) is 7.28. The topological polar surface area (TPSA) is 47.3 Å². The van der Waals surface area contributed by atoms with Crippen molar-refractivity contribution in [3.05, 3.63) is 58.9 Å². The molecule has 0 saturated heterocycles. The molecule has 132 valence electrons. The number of hydrogen-bond acceptors (Lipinski definition) is 3. The van der Waals surface area contributed by atoms with Gasteiger partial charge in [-0.15, -0.1) is 0 Å². The van der Waals surface area contributed by atoms with Gasteiger partial charge < -0.3 is 14.4 Å². The lowest BCUT2D eigenvalue weighted by Crippen LogP contribution is -2.10. The fraction of sp³-hybridized carbons (Fsp3) is 0.381. The standard InChI is InChI=1S/C21H26N2O2/c1-14-6-8-18(9-7-14)25-11-5-10-23-20-13-16(3)15(2)12-19(20)22-21(23)17(4)24/h6-9,12-13,17,24H,5,10-11H2,1-4H3. The molecule has 4 heteroatoms. The lowest BCUT2D eigenvalue weighted by atomic mass is 10.1. The first-order chi connectivity index (χ1) is 12.0. The molecule has 0 aliphatic heterocycles. The van der Waals surface area contributed by atoms with Crippen molar-refractivity contribution in [3.8, 4) is 5.75 Å². The van der Waals surface area contributed by atoms with Gasteiger partial charge in [-0.05, 0) is 69.5 Å². The van der Waals surface area contributed by atoms with Crippen molar-refractivity contribution in [2.45, 2.75) is 46.8 Å². The minimum atomic E-state index is -0.592. The summed E-state index contributed by atoms with van der Waals surface area (Å²) in [6, 6.07) is 12.3. The van der Waals surface area contributed by atoms with E-state index in [1.807, 2.05) is 12.1 Å². The van der Waals surface area contributed by atoms with Crippen molar-refractivity contribution in [1.82, 2.24) is 9.55 Å². The van der Waals surface area contributed by atoms with Crippen molar-refractivity contribution in [2.75, 3.05) is 6.61 Å². The Balaban J connectivity index is 1.74. The highest BCUT2D eigenvalue weighted by Crippen LogP contribution is 2.24. The summed E-state index contributed by atoms with van der Waals surface area (Å²) in [6.07, 6.45) is 0.262. The van der Waals surface area contributed by atoms with Gasteiger partial charge in [0.05, 0.1) is 17.6 Å². The van der Waals surface area contributed by atoms with Gasteiger partial charge in [-0.2, -0.15) is 0 Å². The molecule has 1 atom stereocenters. The Kier molecular flexibility index (Phi) is 5.09. The molecule has 2 aromatic carbocycles. The van der Waals surface area contributed by atoms with E-state index in [2.05, 4.69) is 54.6 Å². The smallest absolute Gasteiger partial charge is 0.138 e. The Morgan fingerprint density at radius 3 is 2.44 bits per heavy atom. The maximum Gasteiger partial charge on any atom is 0.138 e. The number of aliphatic hydroxyl groups excluding tert-OH is 1. The molecule has 1 heterocycles. The van der Waals surface area contributed by atoms with Crippen molar-refractivity contribution < 1.29 is 9.84 Å². The Bertz CT molecular complexity index is 864. The lowest BCUT2D eigenvalue weighted by Gasteiger charge is -2.12. The zero-order chi connectivity index (χ0) is 18.0. The predicted octanol–water partition coefficient (Wildman–Crippen LogP) is 4.48. The third kappa shape index (κ3) is 3.85. The van der Waals surface area contributed by atoms with Crippen molar-refractivity contribution in [2.24, 2.45) is 0 Å². The second-order valence-corrected chi connectivity index (χ2v) is 6.74. The molecule has 3 rings (SSSR count). The zero-order valence-corrected chi connectivity index (χ0v) is 15.4. The second-order valence-electron chi connectivity index (χ2n) is 6.74. The molecule has 1 N–H and O–H groups in total. The maximum absolute atomic E-state index is 10.1. The molecule has 3 aromatic rings. The number of imidazole rings is 1. The summed E-state index contributed by atoms with van der Waals surface area (Å²) >= 11 is 0. The van der Waals surface area contributed by atoms with E-state index in [9.17, 15) is 5.11 Å². The summed E-state index contributed by atoms with van der Waals surface area (Å²) in [7, 11) is 0. The fourth-order valence-corrected chi connectivity index (χ4v) is 3.00. The van der Waals surface area contributed by atoms with Gasteiger partial charge in [0, 0.05) is 6.54 Å². The van der Waals surface area contributed by atoms with Gasteiger partial charge in [-0.1, -0.05) is 17.7 Å². The first kappa shape index (κ1) is 17.5. The summed E-state index contributed by atoms with van der Waals surface area (Å²) < 4.78 is 7.93. The molecule has 0 radical (unpaired) electrons. The highest BCUT2D eigenvalue weighted by Gasteiger charge is 2.15. The number of rotatable bonds is 6. The Morgan fingerprint density at radius 1 is 1.08 bits per heavy atom. The van der Waals surface area contributed by atoms with E-state index in [0.717, 1.165) is 35.6 Å². The van der Waals surface area contributed by atoms with Gasteiger partial charge in [-0.3, -0.25) is 0 Å². The summed E-state index contributed by atoms with van der Waals surface area (Å²) in [6.45, 7) is 9.42. The summed E-state index contributed by atoms with van der Waals surface area (Å²) in [5.74, 6) is 1.61. The maximum atomic E-state index is 10.1. The van der Waals surface area contributed by atoms with Crippen LogP contribution in [0.1, 0.15) is 42.0 Å². The van der Waals surface area contributed by atoms with E-state index < -0.39 is 6.10 Å². The molecule has 0 bridgehead atoms. The number of hydrogen-bond donors (Lipinski definition) is 1.